The van der Waals surface area contributed by atoms with Gasteiger partial charge in [0.05, 0.1) is 41.1 Å². The fraction of sp³-hybridized carbons (Fsp3) is 0.300. The molecule has 2 fully saturated rings. The van der Waals surface area contributed by atoms with Gasteiger partial charge >= 0.3 is 0 Å². The number of para-hydroxylation sites is 1. The molecule has 2 saturated heterocycles. The number of methoxy groups -OCH3 is 1. The van der Waals surface area contributed by atoms with Crippen LogP contribution < -0.4 is 9.64 Å². The number of hydrogen-bond acceptors (Lipinski definition) is 5. The predicted octanol–water partition coefficient (Wildman–Crippen LogP) is 3.85. The first-order valence-corrected chi connectivity index (χ1v) is 12.6. The standard InChI is InChI=1S/C20H18Cl2N2O4S2/c1-28-17-5-3-2-4-12(17)8-19(25)23-20-24(13-6-7-14(21)15(22)9-13)16-10-30(26,27)11-18(16)29-20/h2-7,9,16,18H,8,10-11H2,1H3/t16-,18+/m0/s1. The SMILES string of the molecule is COc1ccccc1CC(=O)N=C1S[C@@H]2CS(=O)(=O)C[C@@H]2N1c1ccc(Cl)c(Cl)c1. The molecule has 0 aliphatic carbocycles. The van der Waals surface area contributed by atoms with E-state index in [-0.39, 0.29) is 35.1 Å². The summed E-state index contributed by atoms with van der Waals surface area (Å²) >= 11 is 13.5. The Morgan fingerprint density at radius 2 is 1.97 bits per heavy atom. The van der Waals surface area contributed by atoms with Gasteiger partial charge in [-0.15, -0.1) is 0 Å². The molecule has 0 N–H and O–H groups in total. The summed E-state index contributed by atoms with van der Waals surface area (Å²) < 4.78 is 29.7. The second-order valence-corrected chi connectivity index (χ2v) is 11.2. The van der Waals surface area contributed by atoms with Crippen LogP contribution in [-0.2, 0) is 21.1 Å². The quantitative estimate of drug-likeness (QED) is 0.655. The molecular formula is C20H18Cl2N2O4S2. The number of nitrogens with zero attached hydrogens (tertiary/aromatic N) is 2. The Balaban J connectivity index is 1.66. The number of aliphatic imine (C=N–C) groups is 1. The monoisotopic (exact) mass is 484 g/mol. The number of amides is 1. The summed E-state index contributed by atoms with van der Waals surface area (Å²) in [5.41, 5.74) is 1.39. The second kappa shape index (κ2) is 8.42. The second-order valence-electron chi connectivity index (χ2n) is 7.05. The van der Waals surface area contributed by atoms with E-state index in [1.54, 1.807) is 36.3 Å². The van der Waals surface area contributed by atoms with Crippen molar-refractivity contribution >= 4 is 61.6 Å². The molecule has 0 radical (unpaired) electrons. The van der Waals surface area contributed by atoms with Gasteiger partial charge in [0, 0.05) is 16.5 Å². The van der Waals surface area contributed by atoms with E-state index in [4.69, 9.17) is 27.9 Å². The first-order chi connectivity index (χ1) is 14.3. The molecule has 2 atom stereocenters. The Morgan fingerprint density at radius 1 is 1.20 bits per heavy atom. The molecule has 30 heavy (non-hydrogen) atoms. The van der Waals surface area contributed by atoms with Gasteiger partial charge in [-0.05, 0) is 24.3 Å². The molecule has 1 amide bonds. The van der Waals surface area contributed by atoms with Crippen LogP contribution in [0.25, 0.3) is 0 Å². The highest BCUT2D eigenvalue weighted by Gasteiger charge is 2.49. The number of halogens is 2. The number of hydrogen-bond donors (Lipinski definition) is 0. The Hall–Kier alpha value is -1.74. The number of fused-ring (bicyclic) bond motifs is 1. The van der Waals surface area contributed by atoms with Gasteiger partial charge in [-0.3, -0.25) is 4.79 Å². The van der Waals surface area contributed by atoms with Crippen LogP contribution in [0.2, 0.25) is 10.0 Å². The number of rotatable bonds is 4. The zero-order chi connectivity index (χ0) is 21.5. The number of anilines is 1. The maximum atomic E-state index is 12.7. The maximum Gasteiger partial charge on any atom is 0.252 e. The molecule has 2 aromatic carbocycles. The number of thioether (sulfide) groups is 1. The average Bonchev–Trinajstić information content (AvgIpc) is 3.15. The maximum absolute atomic E-state index is 12.7. The lowest BCUT2D eigenvalue weighted by Crippen LogP contribution is -2.37. The minimum absolute atomic E-state index is 0.00459. The molecule has 2 heterocycles. The van der Waals surface area contributed by atoms with E-state index in [0.29, 0.717) is 26.6 Å². The van der Waals surface area contributed by atoms with Gasteiger partial charge in [0.15, 0.2) is 15.0 Å². The van der Waals surface area contributed by atoms with Crippen LogP contribution in [0.3, 0.4) is 0 Å². The summed E-state index contributed by atoms with van der Waals surface area (Å²) in [5, 5.41) is 1.03. The number of sulfone groups is 1. The lowest BCUT2D eigenvalue weighted by molar-refractivity contribution is -0.117. The van der Waals surface area contributed by atoms with Gasteiger partial charge in [-0.1, -0.05) is 53.2 Å². The van der Waals surface area contributed by atoms with Crippen LogP contribution in [0.15, 0.2) is 47.5 Å². The van der Waals surface area contributed by atoms with Crippen molar-refractivity contribution in [3.8, 4) is 5.75 Å². The van der Waals surface area contributed by atoms with Crippen LogP contribution in [0.4, 0.5) is 5.69 Å². The Morgan fingerprint density at radius 3 is 2.70 bits per heavy atom. The highest BCUT2D eigenvalue weighted by atomic mass is 35.5. The van der Waals surface area contributed by atoms with Crippen molar-refractivity contribution in [1.82, 2.24) is 0 Å². The molecule has 0 saturated carbocycles. The highest BCUT2D eigenvalue weighted by Crippen LogP contribution is 2.42. The third-order valence-electron chi connectivity index (χ3n) is 5.00. The van der Waals surface area contributed by atoms with Gasteiger partial charge in [0.1, 0.15) is 5.75 Å². The van der Waals surface area contributed by atoms with E-state index < -0.39 is 9.84 Å². The van der Waals surface area contributed by atoms with Gasteiger partial charge in [-0.25, -0.2) is 8.42 Å². The number of carbonyl (C=O) groups excluding carboxylic acids is 1. The van der Waals surface area contributed by atoms with Crippen LogP contribution >= 0.6 is 35.0 Å². The largest absolute Gasteiger partial charge is 0.496 e. The van der Waals surface area contributed by atoms with Gasteiger partial charge in [-0.2, -0.15) is 4.99 Å². The highest BCUT2D eigenvalue weighted by molar-refractivity contribution is 8.16. The van der Waals surface area contributed by atoms with Crippen molar-refractivity contribution < 1.29 is 17.9 Å². The molecule has 2 aliphatic heterocycles. The molecule has 2 aliphatic rings. The minimum Gasteiger partial charge on any atom is -0.496 e. The Labute approximate surface area is 189 Å². The summed E-state index contributed by atoms with van der Waals surface area (Å²) in [7, 11) is -1.60. The Bertz CT molecular complexity index is 1140. The summed E-state index contributed by atoms with van der Waals surface area (Å²) in [4.78, 5) is 18.9. The zero-order valence-corrected chi connectivity index (χ0v) is 19.1. The van der Waals surface area contributed by atoms with Gasteiger partial charge in [0.2, 0.25) is 0 Å². The summed E-state index contributed by atoms with van der Waals surface area (Å²) in [6.45, 7) is 0. The summed E-state index contributed by atoms with van der Waals surface area (Å²) in [6, 6.07) is 12.0. The molecule has 6 nitrogen and oxygen atoms in total. The minimum atomic E-state index is -3.15. The number of carbonyl (C=O) groups is 1. The molecule has 0 bridgehead atoms. The normalized spacial score (nSPS) is 23.6. The van der Waals surface area contributed by atoms with Crippen LogP contribution in [0.5, 0.6) is 5.75 Å². The zero-order valence-electron chi connectivity index (χ0n) is 15.9. The van der Waals surface area contributed by atoms with Gasteiger partial charge in [0.25, 0.3) is 5.91 Å². The van der Waals surface area contributed by atoms with E-state index in [0.717, 1.165) is 5.56 Å². The van der Waals surface area contributed by atoms with Crippen molar-refractivity contribution in [2.75, 3.05) is 23.5 Å². The smallest absolute Gasteiger partial charge is 0.252 e. The third-order valence-corrected chi connectivity index (χ3v) is 8.95. The number of benzene rings is 2. The molecule has 158 valence electrons. The summed E-state index contributed by atoms with van der Waals surface area (Å²) in [5.74, 6) is 0.342. The molecule has 10 heteroatoms. The molecular weight excluding hydrogens is 467 g/mol. The molecule has 0 spiro atoms. The average molecular weight is 485 g/mol. The molecule has 0 unspecified atom stereocenters. The van der Waals surface area contributed by atoms with Crippen LogP contribution in [0, 0.1) is 0 Å². The van der Waals surface area contributed by atoms with E-state index in [2.05, 4.69) is 4.99 Å². The van der Waals surface area contributed by atoms with Crippen molar-refractivity contribution in [2.24, 2.45) is 4.99 Å². The molecule has 2 aromatic rings. The molecule has 0 aromatic heterocycles. The Kier molecular flexibility index (Phi) is 6.03. The van der Waals surface area contributed by atoms with Crippen molar-refractivity contribution in [3.05, 3.63) is 58.1 Å². The number of amidine groups is 1. The number of ether oxygens (including phenoxy) is 1. The van der Waals surface area contributed by atoms with Gasteiger partial charge < -0.3 is 9.64 Å². The van der Waals surface area contributed by atoms with E-state index in [1.807, 2.05) is 18.2 Å². The first-order valence-electron chi connectivity index (χ1n) is 9.12. The topological polar surface area (TPSA) is 76.0 Å². The van der Waals surface area contributed by atoms with Crippen molar-refractivity contribution in [1.29, 1.82) is 0 Å². The third kappa shape index (κ3) is 4.32. The van der Waals surface area contributed by atoms with Crippen LogP contribution in [-0.4, -0.2) is 49.4 Å². The van der Waals surface area contributed by atoms with E-state index in [1.165, 1.54) is 11.8 Å². The van der Waals surface area contributed by atoms with Crippen LogP contribution in [0.1, 0.15) is 5.56 Å². The summed E-state index contributed by atoms with van der Waals surface area (Å²) in [6.07, 6.45) is 0.0803. The predicted molar refractivity (Wildman–Crippen MR) is 122 cm³/mol. The lowest BCUT2D eigenvalue weighted by Gasteiger charge is -2.24. The van der Waals surface area contributed by atoms with E-state index in [9.17, 15) is 13.2 Å². The first kappa shape index (κ1) is 21.5. The van der Waals surface area contributed by atoms with Crippen molar-refractivity contribution in [3.63, 3.8) is 0 Å². The lowest BCUT2D eigenvalue weighted by atomic mass is 10.1. The van der Waals surface area contributed by atoms with E-state index >= 15 is 0 Å². The fourth-order valence-electron chi connectivity index (χ4n) is 3.66. The fourth-order valence-corrected chi connectivity index (χ4v) is 7.88. The van der Waals surface area contributed by atoms with Crippen molar-refractivity contribution in [2.45, 2.75) is 17.7 Å². The molecule has 4 rings (SSSR count).